The van der Waals surface area contributed by atoms with Gasteiger partial charge in [-0.05, 0) is 6.42 Å². The number of nitrogens with one attached hydrogen (secondary N) is 1. The Morgan fingerprint density at radius 1 is 1.40 bits per heavy atom. The third-order valence-electron chi connectivity index (χ3n) is 3.36. The second kappa shape index (κ2) is 8.20. The molecular weight excluding hydrogens is 300 g/mol. The van der Waals surface area contributed by atoms with Crippen LogP contribution in [0.3, 0.4) is 0 Å². The Hall–Kier alpha value is -0.320. The van der Waals surface area contributed by atoms with Gasteiger partial charge in [-0.15, -0.1) is 0 Å². The van der Waals surface area contributed by atoms with Gasteiger partial charge in [0.05, 0.1) is 17.6 Å². The van der Waals surface area contributed by atoms with E-state index in [0.717, 1.165) is 6.42 Å². The molecule has 0 radical (unpaired) electrons. The Morgan fingerprint density at radius 2 is 2.00 bits per heavy atom. The van der Waals surface area contributed by atoms with Crippen LogP contribution in [0, 0.1) is 0 Å². The van der Waals surface area contributed by atoms with E-state index in [9.17, 15) is 8.42 Å². The molecule has 1 unspecified atom stereocenters. The highest BCUT2D eigenvalue weighted by Crippen LogP contribution is 2.11. The Kier molecular flexibility index (Phi) is 7.27. The highest BCUT2D eigenvalue weighted by Gasteiger charge is 2.29. The molecule has 1 rings (SSSR count). The van der Waals surface area contributed by atoms with Gasteiger partial charge >= 0.3 is 0 Å². The highest BCUT2D eigenvalue weighted by atomic mass is 32.2. The maximum Gasteiger partial charge on any atom is 0.279 e. The number of thiocarbonyl (C=S) groups is 1. The first-order valence-electron chi connectivity index (χ1n) is 6.69. The first-order chi connectivity index (χ1) is 9.42. The van der Waals surface area contributed by atoms with Gasteiger partial charge in [-0.3, -0.25) is 4.90 Å². The van der Waals surface area contributed by atoms with Gasteiger partial charge in [-0.1, -0.05) is 19.1 Å². The van der Waals surface area contributed by atoms with Gasteiger partial charge < -0.3 is 10.5 Å². The summed E-state index contributed by atoms with van der Waals surface area (Å²) >= 11 is 5.05. The lowest BCUT2D eigenvalue weighted by Gasteiger charge is -2.37. The summed E-state index contributed by atoms with van der Waals surface area (Å²) in [6.07, 6.45) is 0.841. The maximum atomic E-state index is 12.0. The molecule has 0 aromatic carbocycles. The first kappa shape index (κ1) is 17.7. The molecule has 1 saturated heterocycles. The standard InChI is InChI=1S/C11H24N4O3S2/c1-3-10(11(12)19)14-5-7-15(8-6-14)20(16,17)13-4-9-18-2/h10,13H,3-9H2,1-2H3,(H2,12,19). The first-order valence-corrected chi connectivity index (χ1v) is 8.54. The summed E-state index contributed by atoms with van der Waals surface area (Å²) in [5.74, 6) is 0. The van der Waals surface area contributed by atoms with Crippen LogP contribution in [0.5, 0.6) is 0 Å². The topological polar surface area (TPSA) is 87.9 Å². The molecule has 0 amide bonds. The molecule has 1 atom stereocenters. The summed E-state index contributed by atoms with van der Waals surface area (Å²) in [6.45, 7) is 4.84. The second-order valence-corrected chi connectivity index (χ2v) is 6.88. The third-order valence-corrected chi connectivity index (χ3v) is 5.25. The summed E-state index contributed by atoms with van der Waals surface area (Å²) in [6, 6.07) is 0.0521. The summed E-state index contributed by atoms with van der Waals surface area (Å²) in [7, 11) is -1.88. The van der Waals surface area contributed by atoms with Crippen molar-refractivity contribution < 1.29 is 13.2 Å². The highest BCUT2D eigenvalue weighted by molar-refractivity contribution is 7.87. The van der Waals surface area contributed by atoms with Crippen molar-refractivity contribution in [2.24, 2.45) is 5.73 Å². The molecule has 0 spiro atoms. The number of piperazine rings is 1. The molecule has 20 heavy (non-hydrogen) atoms. The number of ether oxygens (including phenoxy) is 1. The molecule has 9 heteroatoms. The van der Waals surface area contributed by atoms with Crippen molar-refractivity contribution in [1.82, 2.24) is 13.9 Å². The fourth-order valence-corrected chi connectivity index (χ4v) is 3.74. The number of methoxy groups -OCH3 is 1. The van der Waals surface area contributed by atoms with Crippen molar-refractivity contribution in [3.05, 3.63) is 0 Å². The predicted octanol–water partition coefficient (Wildman–Crippen LogP) is -0.850. The lowest BCUT2D eigenvalue weighted by molar-refractivity contribution is 0.163. The van der Waals surface area contributed by atoms with E-state index in [-0.39, 0.29) is 12.6 Å². The smallest absolute Gasteiger partial charge is 0.279 e. The molecule has 0 aromatic heterocycles. The fraction of sp³-hybridized carbons (Fsp3) is 0.909. The van der Waals surface area contributed by atoms with Gasteiger partial charge in [0.2, 0.25) is 0 Å². The molecule has 1 aliphatic rings. The molecule has 0 bridgehead atoms. The lowest BCUT2D eigenvalue weighted by atomic mass is 10.1. The van der Waals surface area contributed by atoms with Crippen molar-refractivity contribution >= 4 is 27.4 Å². The van der Waals surface area contributed by atoms with Gasteiger partial charge in [0, 0.05) is 39.8 Å². The number of rotatable bonds is 8. The number of hydrogen-bond acceptors (Lipinski definition) is 5. The molecule has 1 fully saturated rings. The van der Waals surface area contributed by atoms with Gasteiger partial charge in [0.1, 0.15) is 0 Å². The Morgan fingerprint density at radius 3 is 2.45 bits per heavy atom. The molecule has 7 nitrogen and oxygen atoms in total. The van der Waals surface area contributed by atoms with Gasteiger partial charge in [-0.25, -0.2) is 0 Å². The summed E-state index contributed by atoms with van der Waals surface area (Å²) in [5, 5.41) is 0. The van der Waals surface area contributed by atoms with Crippen molar-refractivity contribution in [3.63, 3.8) is 0 Å². The molecule has 0 saturated carbocycles. The fourth-order valence-electron chi connectivity index (χ4n) is 2.26. The van der Waals surface area contributed by atoms with Crippen LogP contribution in [-0.2, 0) is 14.9 Å². The molecule has 0 aromatic rings. The minimum Gasteiger partial charge on any atom is -0.392 e. The Bertz CT molecular complexity index is 408. The van der Waals surface area contributed by atoms with E-state index in [2.05, 4.69) is 9.62 Å². The lowest BCUT2D eigenvalue weighted by Crippen LogP contribution is -2.56. The van der Waals surface area contributed by atoms with E-state index >= 15 is 0 Å². The molecular formula is C11H24N4O3S2. The second-order valence-electron chi connectivity index (χ2n) is 4.65. The van der Waals surface area contributed by atoms with E-state index in [1.807, 2.05) is 6.92 Å². The average molecular weight is 324 g/mol. The zero-order valence-corrected chi connectivity index (χ0v) is 13.7. The van der Waals surface area contributed by atoms with Crippen molar-refractivity contribution in [3.8, 4) is 0 Å². The SMILES string of the molecule is CCC(C(N)=S)N1CCN(S(=O)(=O)NCCOC)CC1. The quantitative estimate of drug-likeness (QED) is 0.447. The number of hydrogen-bond donors (Lipinski definition) is 2. The number of nitrogens with two attached hydrogens (primary N) is 1. The Labute approximate surface area is 126 Å². The van der Waals surface area contributed by atoms with E-state index in [1.165, 1.54) is 11.4 Å². The largest absolute Gasteiger partial charge is 0.392 e. The van der Waals surface area contributed by atoms with Crippen LogP contribution in [0.4, 0.5) is 0 Å². The van der Waals surface area contributed by atoms with Crippen LogP contribution in [-0.4, -0.2) is 75.1 Å². The van der Waals surface area contributed by atoms with Gasteiger partial charge in [0.15, 0.2) is 0 Å². The average Bonchev–Trinajstić information content (AvgIpc) is 2.40. The summed E-state index contributed by atoms with van der Waals surface area (Å²) in [4.78, 5) is 2.62. The van der Waals surface area contributed by atoms with E-state index in [1.54, 1.807) is 0 Å². The minimum absolute atomic E-state index is 0.0521. The van der Waals surface area contributed by atoms with Gasteiger partial charge in [0.25, 0.3) is 10.2 Å². The summed E-state index contributed by atoms with van der Waals surface area (Å²) < 4.78 is 32.9. The molecule has 1 heterocycles. The van der Waals surface area contributed by atoms with E-state index < -0.39 is 10.2 Å². The third kappa shape index (κ3) is 4.90. The molecule has 1 aliphatic heterocycles. The van der Waals surface area contributed by atoms with Crippen LogP contribution < -0.4 is 10.5 Å². The summed E-state index contributed by atoms with van der Waals surface area (Å²) in [5.41, 5.74) is 5.71. The van der Waals surface area contributed by atoms with E-state index in [4.69, 9.17) is 22.7 Å². The maximum absolute atomic E-state index is 12.0. The van der Waals surface area contributed by atoms with Crippen LogP contribution in [0.1, 0.15) is 13.3 Å². The Balaban J connectivity index is 2.51. The van der Waals surface area contributed by atoms with Crippen LogP contribution in [0.2, 0.25) is 0 Å². The number of nitrogens with zero attached hydrogens (tertiary/aromatic N) is 2. The van der Waals surface area contributed by atoms with Crippen LogP contribution in [0.15, 0.2) is 0 Å². The zero-order chi connectivity index (χ0) is 15.2. The van der Waals surface area contributed by atoms with Crippen molar-refractivity contribution in [2.45, 2.75) is 19.4 Å². The zero-order valence-electron chi connectivity index (χ0n) is 12.0. The van der Waals surface area contributed by atoms with E-state index in [0.29, 0.717) is 37.8 Å². The molecule has 3 N–H and O–H groups in total. The predicted molar refractivity (Wildman–Crippen MR) is 82.8 cm³/mol. The monoisotopic (exact) mass is 324 g/mol. The van der Waals surface area contributed by atoms with Gasteiger partial charge in [-0.2, -0.15) is 17.4 Å². The molecule has 118 valence electrons. The minimum atomic E-state index is -3.42. The van der Waals surface area contributed by atoms with Crippen LogP contribution >= 0.6 is 12.2 Å². The van der Waals surface area contributed by atoms with Crippen molar-refractivity contribution in [2.75, 3.05) is 46.4 Å². The normalized spacial score (nSPS) is 19.9. The molecule has 0 aliphatic carbocycles. The van der Waals surface area contributed by atoms with Crippen molar-refractivity contribution in [1.29, 1.82) is 0 Å². The van der Waals surface area contributed by atoms with Crippen LogP contribution in [0.25, 0.3) is 0 Å².